The van der Waals surface area contributed by atoms with Crippen LogP contribution in [-0.2, 0) is 67.0 Å². The number of hydrogen-bond donors (Lipinski definition) is 4. The third-order valence-electron chi connectivity index (χ3n) is 14.8. The molecule has 5 heterocycles. The number of carbonyl (C=O) groups is 4. The zero-order chi connectivity index (χ0) is 65.8. The fraction of sp³-hybridized carbons (Fsp3) is 0.333. The topological polar surface area (TPSA) is 205 Å². The van der Waals surface area contributed by atoms with Crippen molar-refractivity contribution in [1.29, 1.82) is 0 Å². The van der Waals surface area contributed by atoms with Crippen LogP contribution in [-0.4, -0.2) is 70.0 Å². The summed E-state index contributed by atoms with van der Waals surface area (Å²) in [6.45, 7) is 25.5. The molecule has 20 heteroatoms. The van der Waals surface area contributed by atoms with Crippen LogP contribution >= 0.6 is 47.0 Å². The Morgan fingerprint density at radius 1 is 0.304 bits per heavy atom. The van der Waals surface area contributed by atoms with Gasteiger partial charge in [0.15, 0.2) is 26.4 Å². The Morgan fingerprint density at radius 2 is 0.467 bits per heavy atom. The van der Waals surface area contributed by atoms with Gasteiger partial charge in [0.2, 0.25) is 0 Å². The van der Waals surface area contributed by atoms with Crippen molar-refractivity contribution in [1.82, 2.24) is 41.2 Å². The monoisotopic (exact) mass is 1310 g/mol. The number of benzene rings is 4. The van der Waals surface area contributed by atoms with E-state index in [1.165, 1.54) is 47.0 Å². The third kappa shape index (κ3) is 19.0. The van der Waals surface area contributed by atoms with E-state index in [4.69, 9.17) is 18.9 Å². The molecule has 0 spiro atoms. The predicted octanol–water partition coefficient (Wildman–Crippen LogP) is 14.2. The highest BCUT2D eigenvalue weighted by Crippen LogP contribution is 2.56. The molecule has 8 aromatic rings. The molecule has 0 fully saturated rings. The average Bonchev–Trinajstić information content (AvgIpc) is 0.780. The van der Waals surface area contributed by atoms with Gasteiger partial charge in [0.05, 0.1) is 39.2 Å². The Morgan fingerprint density at radius 3 is 0.620 bits per heavy atom. The maximum atomic E-state index is 14.1. The van der Waals surface area contributed by atoms with E-state index in [0.29, 0.717) is 62.2 Å². The molecule has 4 aromatic carbocycles. The molecule has 0 saturated carbocycles. The SMILES string of the molecule is CC(C)(C)c1cc2c(OCC(=O)NCc3ccncc3)c(c1)Sc1cc(C(C)(C)C)cc(c1OCC(=O)NCc1ccncc1)Sc1cc(C(C)(C)C)cc(c1OCC(=O)NCc1ccncc1)Sc1cc(C(C)(C)C)cc(c1OCC(=O)NCc1ccncc1)S2. The maximum absolute atomic E-state index is 14.1. The number of fused-ring (bicyclic) bond motifs is 8. The summed E-state index contributed by atoms with van der Waals surface area (Å²) in [7, 11) is 0. The Kier molecular flexibility index (Phi) is 22.4. The standard InChI is InChI=1S/C72H80N8O8S4/c1-69(2,3)49-29-53-65(85-41-61(81)77-37-45-13-21-73-22-14-45)54(30-49)90-56-32-51(71(7,8)9)34-58(67(56)87-43-63(83)79-39-47-17-25-75-26-18-47)92-60-36-52(72(10,11)12)35-59(68(60)88-44-64(84)80-40-48-19-27-76-28-20-48)91-57-33-50(70(4,5)6)31-55(89-53)66(57)86-42-62(82)78-38-46-15-23-74-24-16-46/h13-36H,37-44H2,1-12H3,(H,77,81)(H,78,82)(H,79,83)(H,80,84). The number of rotatable bonds is 20. The van der Waals surface area contributed by atoms with Crippen LogP contribution in [0.1, 0.15) is 128 Å². The van der Waals surface area contributed by atoms with Gasteiger partial charge >= 0.3 is 0 Å². The lowest BCUT2D eigenvalue weighted by Gasteiger charge is -2.28. The summed E-state index contributed by atoms with van der Waals surface area (Å²) in [4.78, 5) is 78.3. The summed E-state index contributed by atoms with van der Waals surface area (Å²) in [6.07, 6.45) is 13.5. The first kappa shape index (κ1) is 68.3. The summed E-state index contributed by atoms with van der Waals surface area (Å²) < 4.78 is 27.7. The van der Waals surface area contributed by atoms with Crippen molar-refractivity contribution >= 4 is 70.7 Å². The second kappa shape index (κ2) is 30.1. The molecule has 4 amide bonds. The van der Waals surface area contributed by atoms with Crippen molar-refractivity contribution in [2.24, 2.45) is 0 Å². The Bertz CT molecular complexity index is 3310. The number of amides is 4. The fourth-order valence-corrected chi connectivity index (χ4v) is 14.0. The summed E-state index contributed by atoms with van der Waals surface area (Å²) in [5.41, 5.74) is 5.68. The highest BCUT2D eigenvalue weighted by molar-refractivity contribution is 8.01. The van der Waals surface area contributed by atoms with Gasteiger partial charge in [-0.2, -0.15) is 0 Å². The second-order valence-corrected chi connectivity index (χ2v) is 30.6. The van der Waals surface area contributed by atoms with Crippen molar-refractivity contribution in [3.63, 3.8) is 0 Å². The predicted molar refractivity (Wildman–Crippen MR) is 363 cm³/mol. The van der Waals surface area contributed by atoms with Crippen LogP contribution in [0.25, 0.3) is 0 Å². The van der Waals surface area contributed by atoms with E-state index < -0.39 is 21.7 Å². The molecule has 9 rings (SSSR count). The number of aromatic nitrogens is 4. The molecule has 1 aliphatic rings. The van der Waals surface area contributed by atoms with Gasteiger partial charge in [-0.1, -0.05) is 130 Å². The van der Waals surface area contributed by atoms with Gasteiger partial charge in [0.1, 0.15) is 23.0 Å². The normalized spacial score (nSPS) is 12.5. The van der Waals surface area contributed by atoms with E-state index in [-0.39, 0.29) is 76.2 Å². The van der Waals surface area contributed by atoms with Crippen LogP contribution in [0.5, 0.6) is 23.0 Å². The maximum Gasteiger partial charge on any atom is 0.258 e. The third-order valence-corrected chi connectivity index (χ3v) is 19.0. The summed E-state index contributed by atoms with van der Waals surface area (Å²) in [6, 6.07) is 31.6. The van der Waals surface area contributed by atoms with Crippen LogP contribution in [0.2, 0.25) is 0 Å². The van der Waals surface area contributed by atoms with Crippen molar-refractivity contribution < 1.29 is 38.1 Å². The molecule has 0 aliphatic carbocycles. The van der Waals surface area contributed by atoms with E-state index >= 15 is 0 Å². The number of carbonyl (C=O) groups excluding carboxylic acids is 4. The molecule has 0 unspecified atom stereocenters. The lowest BCUT2D eigenvalue weighted by Crippen LogP contribution is -2.29. The van der Waals surface area contributed by atoms with Gasteiger partial charge in [-0.15, -0.1) is 0 Å². The van der Waals surface area contributed by atoms with Crippen molar-refractivity contribution in [3.05, 3.63) is 191 Å². The van der Waals surface area contributed by atoms with Gasteiger partial charge in [0, 0.05) is 75.8 Å². The minimum Gasteiger partial charge on any atom is -0.481 e. The van der Waals surface area contributed by atoms with Gasteiger partial charge in [-0.3, -0.25) is 39.1 Å². The molecule has 1 aliphatic heterocycles. The molecule has 4 N–H and O–H groups in total. The molecule has 0 radical (unpaired) electrons. The molecule has 16 nitrogen and oxygen atoms in total. The van der Waals surface area contributed by atoms with Crippen LogP contribution in [0.4, 0.5) is 0 Å². The first-order valence-corrected chi connectivity index (χ1v) is 33.6. The molecular weight excluding hydrogens is 1230 g/mol. The highest BCUT2D eigenvalue weighted by atomic mass is 32.2. The van der Waals surface area contributed by atoms with E-state index in [0.717, 1.165) is 44.5 Å². The van der Waals surface area contributed by atoms with Gasteiger partial charge < -0.3 is 40.2 Å². The zero-order valence-corrected chi connectivity index (χ0v) is 57.5. The molecule has 480 valence electrons. The number of nitrogens with one attached hydrogen (secondary N) is 4. The molecule has 0 saturated heterocycles. The Balaban J connectivity index is 1.29. The molecular formula is C72H80N8O8S4. The smallest absolute Gasteiger partial charge is 0.258 e. The van der Waals surface area contributed by atoms with Gasteiger partial charge in [-0.05, 0) is 163 Å². The van der Waals surface area contributed by atoms with Gasteiger partial charge in [0.25, 0.3) is 23.6 Å². The fourth-order valence-electron chi connectivity index (χ4n) is 9.25. The Hall–Kier alpha value is -8.04. The molecule has 0 atom stereocenters. The second-order valence-electron chi connectivity index (χ2n) is 26.3. The van der Waals surface area contributed by atoms with Crippen molar-refractivity contribution in [3.8, 4) is 23.0 Å². The van der Waals surface area contributed by atoms with E-state index in [1.807, 2.05) is 48.5 Å². The first-order valence-electron chi connectivity index (χ1n) is 30.3. The van der Waals surface area contributed by atoms with E-state index in [2.05, 4.69) is 173 Å². The lowest BCUT2D eigenvalue weighted by atomic mass is 9.87. The summed E-state index contributed by atoms with van der Waals surface area (Å²) in [5.74, 6) is 0.300. The highest BCUT2D eigenvalue weighted by Gasteiger charge is 2.32. The quantitative estimate of drug-likeness (QED) is 0.0560. The molecule has 4 aromatic heterocycles. The number of pyridine rings is 4. The van der Waals surface area contributed by atoms with Crippen molar-refractivity contribution in [2.75, 3.05) is 26.4 Å². The van der Waals surface area contributed by atoms with Crippen LogP contribution in [0.3, 0.4) is 0 Å². The van der Waals surface area contributed by atoms with Crippen molar-refractivity contribution in [2.45, 2.75) is 170 Å². The average molecular weight is 1310 g/mol. The van der Waals surface area contributed by atoms with Crippen LogP contribution in [0.15, 0.2) is 186 Å². The first-order chi connectivity index (χ1) is 43.7. The minimum atomic E-state index is -0.424. The summed E-state index contributed by atoms with van der Waals surface area (Å²) in [5, 5.41) is 12.1. The van der Waals surface area contributed by atoms with Crippen LogP contribution in [0, 0.1) is 0 Å². The van der Waals surface area contributed by atoms with Crippen LogP contribution < -0.4 is 40.2 Å². The lowest BCUT2D eigenvalue weighted by molar-refractivity contribution is -0.124. The van der Waals surface area contributed by atoms with E-state index in [1.54, 1.807) is 49.6 Å². The van der Waals surface area contributed by atoms with E-state index in [9.17, 15) is 19.2 Å². The number of nitrogens with zero attached hydrogens (tertiary/aromatic N) is 4. The number of hydrogen-bond acceptors (Lipinski definition) is 16. The molecule has 92 heavy (non-hydrogen) atoms. The summed E-state index contributed by atoms with van der Waals surface area (Å²) >= 11 is 5.65. The Labute approximate surface area is 557 Å². The van der Waals surface area contributed by atoms with Gasteiger partial charge in [-0.25, -0.2) is 0 Å². The largest absolute Gasteiger partial charge is 0.481 e. The zero-order valence-electron chi connectivity index (χ0n) is 54.2. The minimum absolute atomic E-state index is 0.260. The number of ether oxygens (including phenoxy) is 4. The molecule has 8 bridgehead atoms.